The summed E-state index contributed by atoms with van der Waals surface area (Å²) in [4.78, 5) is 0. The minimum Gasteiger partial charge on any atom is -0.0842 e. The minimum atomic E-state index is 0. The first kappa shape index (κ1) is 6.48. The van der Waals surface area contributed by atoms with E-state index < -0.39 is 0 Å². The molecule has 0 bridgehead atoms. The zero-order chi connectivity index (χ0) is 4.24. The molecule has 0 radical (unpaired) electrons. The summed E-state index contributed by atoms with van der Waals surface area (Å²) in [7, 11) is 0. The molecule has 0 aromatic carbocycles. The lowest BCUT2D eigenvalue weighted by molar-refractivity contribution is 1.04. The van der Waals surface area contributed by atoms with Gasteiger partial charge in [-0.05, 0) is 12.8 Å². The highest BCUT2D eigenvalue weighted by atomic mass is 13.8. The van der Waals surface area contributed by atoms with Crippen LogP contribution in [0.5, 0.6) is 0 Å². The molecule has 0 aliphatic heterocycles. The third-order valence-electron chi connectivity index (χ3n) is 0.883. The van der Waals surface area contributed by atoms with Crippen LogP contribution < -0.4 is 0 Å². The zero-order valence-corrected chi connectivity index (χ0v) is 3.72. The Bertz CT molecular complexity index is 66.0. The van der Waals surface area contributed by atoms with Gasteiger partial charge in [0.1, 0.15) is 0 Å². The average Bonchev–Trinajstić information content (AvgIpc) is 1.72. The van der Waals surface area contributed by atoms with Gasteiger partial charge in [0.25, 0.3) is 0 Å². The van der Waals surface area contributed by atoms with Crippen molar-refractivity contribution in [1.82, 2.24) is 0 Å². The Morgan fingerprint density at radius 1 is 0.857 bits per heavy atom. The highest BCUT2D eigenvalue weighted by Crippen LogP contribution is 1.98. The van der Waals surface area contributed by atoms with Gasteiger partial charge in [-0.3, -0.25) is 0 Å². The monoisotopic (exact) mass is 96.1 g/mol. The van der Waals surface area contributed by atoms with Gasteiger partial charge in [-0.15, -0.1) is 0 Å². The molecule has 0 heterocycles. The molecule has 0 aromatic rings. The third kappa shape index (κ3) is 2.21. The van der Waals surface area contributed by atoms with E-state index in [9.17, 15) is 0 Å². The second-order valence-electron chi connectivity index (χ2n) is 1.43. The fraction of sp³-hybridized carbons (Fsp3) is 0.429. The van der Waals surface area contributed by atoms with Crippen molar-refractivity contribution in [2.75, 3.05) is 0 Å². The fourth-order valence-corrected chi connectivity index (χ4v) is 0.542. The topological polar surface area (TPSA) is 0 Å². The molecule has 1 aliphatic carbocycles. The molecule has 7 heavy (non-hydrogen) atoms. The Morgan fingerprint density at radius 3 is 1.43 bits per heavy atom. The van der Waals surface area contributed by atoms with Crippen LogP contribution in [-0.2, 0) is 0 Å². The summed E-state index contributed by atoms with van der Waals surface area (Å²) in [5.41, 5.74) is 0. The molecule has 0 unspecified atom stereocenters. The molecule has 1 aliphatic rings. The van der Waals surface area contributed by atoms with Gasteiger partial charge in [0.05, 0.1) is 0 Å². The predicted octanol–water partition coefficient (Wildman–Crippen LogP) is 2.53. The molecule has 0 heteroatoms. The van der Waals surface area contributed by atoms with Crippen molar-refractivity contribution in [3.05, 3.63) is 24.3 Å². The maximum Gasteiger partial charge on any atom is -0.0313 e. The molecule has 0 N–H and O–H groups in total. The quantitative estimate of drug-likeness (QED) is 0.434. The van der Waals surface area contributed by atoms with E-state index in [4.69, 9.17) is 0 Å². The van der Waals surface area contributed by atoms with E-state index >= 15 is 0 Å². The minimum absolute atomic E-state index is 0. The lowest BCUT2D eigenvalue weighted by atomic mass is 10.2. The Morgan fingerprint density at radius 2 is 1.29 bits per heavy atom. The van der Waals surface area contributed by atoms with Gasteiger partial charge in [0.2, 0.25) is 0 Å². The van der Waals surface area contributed by atoms with Crippen molar-refractivity contribution in [1.29, 1.82) is 0 Å². The van der Waals surface area contributed by atoms with Gasteiger partial charge < -0.3 is 0 Å². The van der Waals surface area contributed by atoms with Crippen LogP contribution in [0.25, 0.3) is 0 Å². The van der Waals surface area contributed by atoms with Crippen molar-refractivity contribution >= 4 is 0 Å². The summed E-state index contributed by atoms with van der Waals surface area (Å²) in [6, 6.07) is 0. The molecular weight excluding hydrogens is 84.1 g/mol. The first-order chi connectivity index (χ1) is 3.00. The van der Waals surface area contributed by atoms with E-state index in [1.54, 1.807) is 0 Å². The summed E-state index contributed by atoms with van der Waals surface area (Å²) in [6.45, 7) is 0. The lowest BCUT2D eigenvalue weighted by Gasteiger charge is -1.88. The van der Waals surface area contributed by atoms with Gasteiger partial charge in [0, 0.05) is 0 Å². The van der Waals surface area contributed by atoms with E-state index in [1.165, 1.54) is 12.8 Å². The van der Waals surface area contributed by atoms with Crippen molar-refractivity contribution in [3.63, 3.8) is 0 Å². The van der Waals surface area contributed by atoms with Crippen LogP contribution in [0.4, 0.5) is 0 Å². The summed E-state index contributed by atoms with van der Waals surface area (Å²) < 4.78 is 0. The summed E-state index contributed by atoms with van der Waals surface area (Å²) in [5.74, 6) is 0. The van der Waals surface area contributed by atoms with Crippen molar-refractivity contribution in [2.24, 2.45) is 0 Å². The SMILES string of the molecule is C.C1=CCCC=C1. The predicted molar refractivity (Wildman–Crippen MR) is 34.2 cm³/mol. The van der Waals surface area contributed by atoms with Crippen LogP contribution >= 0.6 is 0 Å². The second-order valence-corrected chi connectivity index (χ2v) is 1.43. The van der Waals surface area contributed by atoms with Gasteiger partial charge >= 0.3 is 0 Å². The Labute approximate surface area is 45.5 Å². The van der Waals surface area contributed by atoms with Gasteiger partial charge in [-0.1, -0.05) is 31.7 Å². The molecule has 40 valence electrons. The van der Waals surface area contributed by atoms with Crippen LogP contribution in [0.1, 0.15) is 20.3 Å². The van der Waals surface area contributed by atoms with E-state index in [1.807, 2.05) is 0 Å². The van der Waals surface area contributed by atoms with Crippen LogP contribution in [-0.4, -0.2) is 0 Å². The second kappa shape index (κ2) is 3.66. The number of hydrogen-bond donors (Lipinski definition) is 0. The Hall–Kier alpha value is -0.520. The third-order valence-corrected chi connectivity index (χ3v) is 0.883. The van der Waals surface area contributed by atoms with E-state index in [2.05, 4.69) is 24.3 Å². The van der Waals surface area contributed by atoms with Crippen LogP contribution in [0.15, 0.2) is 24.3 Å². The molecule has 0 aromatic heterocycles. The number of rotatable bonds is 0. The molecule has 0 atom stereocenters. The molecule has 0 nitrogen and oxygen atoms in total. The van der Waals surface area contributed by atoms with Crippen molar-refractivity contribution < 1.29 is 0 Å². The zero-order valence-electron chi connectivity index (χ0n) is 3.72. The van der Waals surface area contributed by atoms with E-state index in [0.29, 0.717) is 0 Å². The lowest BCUT2D eigenvalue weighted by Crippen LogP contribution is -1.67. The molecule has 0 amide bonds. The van der Waals surface area contributed by atoms with E-state index in [0.717, 1.165) is 0 Å². The summed E-state index contributed by atoms with van der Waals surface area (Å²) in [6.07, 6.45) is 11.0. The number of allylic oxidation sites excluding steroid dienone is 4. The molecule has 0 spiro atoms. The molecule has 1 rings (SSSR count). The van der Waals surface area contributed by atoms with Crippen LogP contribution in [0.2, 0.25) is 0 Å². The normalized spacial score (nSPS) is 16.0. The van der Waals surface area contributed by atoms with Gasteiger partial charge in [-0.25, -0.2) is 0 Å². The Kier molecular flexibility index (Phi) is 3.39. The smallest absolute Gasteiger partial charge is 0.0313 e. The first-order valence-electron chi connectivity index (χ1n) is 2.32. The molecular formula is C7H12. The van der Waals surface area contributed by atoms with Gasteiger partial charge in [0.15, 0.2) is 0 Å². The maximum absolute atomic E-state index is 2.18. The maximum atomic E-state index is 2.18. The first-order valence-corrected chi connectivity index (χ1v) is 2.32. The fourth-order valence-electron chi connectivity index (χ4n) is 0.542. The van der Waals surface area contributed by atoms with Crippen molar-refractivity contribution in [2.45, 2.75) is 20.3 Å². The van der Waals surface area contributed by atoms with Crippen LogP contribution in [0, 0.1) is 0 Å². The standard InChI is InChI=1S/C6H8.CH4/c1-2-4-6-5-3-1;/h1-4H,5-6H2;1H4. The van der Waals surface area contributed by atoms with Crippen LogP contribution in [0.3, 0.4) is 0 Å². The van der Waals surface area contributed by atoms with Gasteiger partial charge in [-0.2, -0.15) is 0 Å². The van der Waals surface area contributed by atoms with E-state index in [-0.39, 0.29) is 7.43 Å². The highest BCUT2D eigenvalue weighted by Gasteiger charge is 1.77. The molecule has 0 saturated carbocycles. The summed E-state index contributed by atoms with van der Waals surface area (Å²) in [5, 5.41) is 0. The largest absolute Gasteiger partial charge is 0.0842 e. The summed E-state index contributed by atoms with van der Waals surface area (Å²) >= 11 is 0. The molecule has 0 fully saturated rings. The average molecular weight is 96.2 g/mol. The van der Waals surface area contributed by atoms with Crippen molar-refractivity contribution in [3.8, 4) is 0 Å². The number of hydrogen-bond acceptors (Lipinski definition) is 0. The highest BCUT2D eigenvalue weighted by molar-refractivity contribution is 5.07. The Balaban J connectivity index is 0.000000360. The molecule has 0 saturated heterocycles.